The molecule has 18 heavy (non-hydrogen) atoms. The van der Waals surface area contributed by atoms with Crippen LogP contribution >= 0.6 is 0 Å². The van der Waals surface area contributed by atoms with Crippen LogP contribution in [-0.2, 0) is 23.8 Å². The predicted molar refractivity (Wildman–Crippen MR) is 65.0 cm³/mol. The molecule has 0 bridgehead atoms. The molecule has 104 valence electrons. The Bertz CT molecular complexity index is 317. The number of carbonyl (C=O) groups excluding carboxylic acids is 2. The van der Waals surface area contributed by atoms with E-state index in [4.69, 9.17) is 9.47 Å². The van der Waals surface area contributed by atoms with Crippen molar-refractivity contribution in [3.63, 3.8) is 0 Å². The van der Waals surface area contributed by atoms with Gasteiger partial charge in [-0.05, 0) is 19.8 Å². The van der Waals surface area contributed by atoms with Gasteiger partial charge in [-0.3, -0.25) is 4.79 Å². The maximum Gasteiger partial charge on any atom is 0.338 e. The molecular formula is C13H22O5. The standard InChI is InChI=1S/C13H22O5/c1-5-7-12(2)9-13(18-12,11(15)17-4)8-6-10(14)16-3/h5-9H2,1-4H3. The van der Waals surface area contributed by atoms with E-state index in [1.54, 1.807) is 0 Å². The zero-order valence-electron chi connectivity index (χ0n) is 11.6. The van der Waals surface area contributed by atoms with Crippen molar-refractivity contribution in [2.75, 3.05) is 14.2 Å². The van der Waals surface area contributed by atoms with Crippen LogP contribution in [0.25, 0.3) is 0 Å². The summed E-state index contributed by atoms with van der Waals surface area (Å²) in [5.41, 5.74) is -1.24. The normalized spacial score (nSPS) is 30.4. The molecule has 0 aromatic carbocycles. The number of rotatable bonds is 6. The average molecular weight is 258 g/mol. The molecule has 2 unspecified atom stereocenters. The number of hydrogen-bond donors (Lipinski definition) is 0. The van der Waals surface area contributed by atoms with Crippen LogP contribution in [0.4, 0.5) is 0 Å². The second-order valence-electron chi connectivity index (χ2n) is 5.04. The van der Waals surface area contributed by atoms with Gasteiger partial charge >= 0.3 is 11.9 Å². The van der Waals surface area contributed by atoms with E-state index in [0.29, 0.717) is 12.8 Å². The van der Waals surface area contributed by atoms with Gasteiger partial charge in [-0.25, -0.2) is 4.79 Å². The van der Waals surface area contributed by atoms with Gasteiger partial charge in [0, 0.05) is 12.8 Å². The zero-order chi connectivity index (χ0) is 13.8. The lowest BCUT2D eigenvalue weighted by Gasteiger charge is -2.52. The summed E-state index contributed by atoms with van der Waals surface area (Å²) in [7, 11) is 2.66. The highest BCUT2D eigenvalue weighted by Crippen LogP contribution is 2.47. The van der Waals surface area contributed by atoms with Crippen LogP contribution in [0.15, 0.2) is 0 Å². The Morgan fingerprint density at radius 2 is 1.83 bits per heavy atom. The Labute approximate surface area is 108 Å². The maximum atomic E-state index is 11.8. The fourth-order valence-corrected chi connectivity index (χ4v) is 2.68. The van der Waals surface area contributed by atoms with Gasteiger partial charge in [0.15, 0.2) is 5.60 Å². The Hall–Kier alpha value is -1.10. The molecule has 0 saturated carbocycles. The lowest BCUT2D eigenvalue weighted by molar-refractivity contribution is -0.271. The highest BCUT2D eigenvalue weighted by molar-refractivity contribution is 5.82. The van der Waals surface area contributed by atoms with Crippen molar-refractivity contribution in [2.24, 2.45) is 0 Å². The number of carbonyl (C=O) groups is 2. The molecule has 1 saturated heterocycles. The van der Waals surface area contributed by atoms with Crippen LogP contribution in [0, 0.1) is 0 Å². The summed E-state index contributed by atoms with van der Waals surface area (Å²) in [6.07, 6.45) is 2.95. The Kier molecular flexibility index (Phi) is 4.73. The lowest BCUT2D eigenvalue weighted by Crippen LogP contribution is -2.62. The second-order valence-corrected chi connectivity index (χ2v) is 5.04. The van der Waals surface area contributed by atoms with Crippen molar-refractivity contribution in [3.8, 4) is 0 Å². The first kappa shape index (κ1) is 15.0. The molecule has 0 radical (unpaired) electrons. The smallest absolute Gasteiger partial charge is 0.338 e. The molecule has 0 N–H and O–H groups in total. The number of esters is 2. The molecule has 1 fully saturated rings. The van der Waals surface area contributed by atoms with Gasteiger partial charge in [0.2, 0.25) is 0 Å². The van der Waals surface area contributed by atoms with Crippen molar-refractivity contribution in [1.82, 2.24) is 0 Å². The first-order chi connectivity index (χ1) is 8.41. The van der Waals surface area contributed by atoms with Gasteiger partial charge in [0.25, 0.3) is 0 Å². The van der Waals surface area contributed by atoms with Crippen molar-refractivity contribution in [1.29, 1.82) is 0 Å². The summed E-state index contributed by atoms with van der Waals surface area (Å²) in [5.74, 6) is -0.744. The summed E-state index contributed by atoms with van der Waals surface area (Å²) in [4.78, 5) is 23.0. The molecule has 1 aliphatic rings. The molecule has 0 amide bonds. The van der Waals surface area contributed by atoms with E-state index in [1.807, 2.05) is 6.92 Å². The summed E-state index contributed by atoms with van der Waals surface area (Å²) < 4.78 is 15.2. The Balaban J connectivity index is 2.64. The quantitative estimate of drug-likeness (QED) is 0.680. The van der Waals surface area contributed by atoms with Crippen LogP contribution in [-0.4, -0.2) is 37.4 Å². The molecule has 0 aliphatic carbocycles. The van der Waals surface area contributed by atoms with Crippen LogP contribution < -0.4 is 0 Å². The van der Waals surface area contributed by atoms with E-state index in [-0.39, 0.29) is 18.0 Å². The Morgan fingerprint density at radius 3 is 2.28 bits per heavy atom. The molecule has 5 heteroatoms. The van der Waals surface area contributed by atoms with Crippen LogP contribution in [0.5, 0.6) is 0 Å². The summed E-state index contributed by atoms with van der Waals surface area (Å²) in [6.45, 7) is 4.05. The van der Waals surface area contributed by atoms with E-state index in [0.717, 1.165) is 12.8 Å². The van der Waals surface area contributed by atoms with E-state index in [9.17, 15) is 9.59 Å². The van der Waals surface area contributed by atoms with Gasteiger partial charge in [0.1, 0.15) is 0 Å². The molecule has 1 heterocycles. The third kappa shape index (κ3) is 3.02. The largest absolute Gasteiger partial charge is 0.469 e. The fraction of sp³-hybridized carbons (Fsp3) is 0.846. The average Bonchev–Trinajstić information content (AvgIpc) is 2.32. The molecule has 0 aromatic rings. The number of ether oxygens (including phenoxy) is 3. The van der Waals surface area contributed by atoms with Gasteiger partial charge in [-0.2, -0.15) is 0 Å². The first-order valence-corrected chi connectivity index (χ1v) is 6.27. The monoisotopic (exact) mass is 258 g/mol. The maximum absolute atomic E-state index is 11.8. The summed E-state index contributed by atoms with van der Waals surface area (Å²) in [5, 5.41) is 0. The van der Waals surface area contributed by atoms with E-state index in [2.05, 4.69) is 11.7 Å². The molecule has 0 spiro atoms. The molecule has 1 rings (SSSR count). The third-order valence-corrected chi connectivity index (χ3v) is 3.40. The lowest BCUT2D eigenvalue weighted by atomic mass is 9.75. The summed E-state index contributed by atoms with van der Waals surface area (Å²) >= 11 is 0. The third-order valence-electron chi connectivity index (χ3n) is 3.40. The van der Waals surface area contributed by atoms with E-state index in [1.165, 1.54) is 14.2 Å². The van der Waals surface area contributed by atoms with Crippen molar-refractivity contribution in [2.45, 2.75) is 57.2 Å². The fourth-order valence-electron chi connectivity index (χ4n) is 2.68. The minimum absolute atomic E-state index is 0.161. The van der Waals surface area contributed by atoms with Crippen molar-refractivity contribution < 1.29 is 23.8 Å². The van der Waals surface area contributed by atoms with Crippen LogP contribution in [0.3, 0.4) is 0 Å². The van der Waals surface area contributed by atoms with Crippen molar-refractivity contribution >= 4 is 11.9 Å². The minimum atomic E-state index is -0.965. The SMILES string of the molecule is CCCC1(C)CC(CCC(=O)OC)(C(=O)OC)O1. The predicted octanol–water partition coefficient (Wildman–Crippen LogP) is 1.83. The molecular weight excluding hydrogens is 236 g/mol. The molecule has 0 aromatic heterocycles. The molecule has 2 atom stereocenters. The molecule has 1 aliphatic heterocycles. The molecule has 5 nitrogen and oxygen atoms in total. The minimum Gasteiger partial charge on any atom is -0.469 e. The van der Waals surface area contributed by atoms with E-state index >= 15 is 0 Å². The first-order valence-electron chi connectivity index (χ1n) is 6.27. The zero-order valence-corrected chi connectivity index (χ0v) is 11.6. The van der Waals surface area contributed by atoms with Crippen LogP contribution in [0.1, 0.15) is 46.0 Å². The number of methoxy groups -OCH3 is 2. The second kappa shape index (κ2) is 5.69. The van der Waals surface area contributed by atoms with Gasteiger partial charge in [0.05, 0.1) is 19.8 Å². The van der Waals surface area contributed by atoms with Gasteiger partial charge < -0.3 is 14.2 Å². The Morgan fingerprint density at radius 1 is 1.22 bits per heavy atom. The summed E-state index contributed by atoms with van der Waals surface area (Å²) in [6, 6.07) is 0. The highest BCUT2D eigenvalue weighted by atomic mass is 16.6. The van der Waals surface area contributed by atoms with Crippen molar-refractivity contribution in [3.05, 3.63) is 0 Å². The van der Waals surface area contributed by atoms with Crippen LogP contribution in [0.2, 0.25) is 0 Å². The highest BCUT2D eigenvalue weighted by Gasteiger charge is 2.58. The van der Waals surface area contributed by atoms with E-state index < -0.39 is 11.6 Å². The topological polar surface area (TPSA) is 61.8 Å². The van der Waals surface area contributed by atoms with Gasteiger partial charge in [-0.1, -0.05) is 13.3 Å². The number of hydrogen-bond acceptors (Lipinski definition) is 5. The van der Waals surface area contributed by atoms with Gasteiger partial charge in [-0.15, -0.1) is 0 Å².